The number of rotatable bonds is 6. The van der Waals surface area contributed by atoms with Crippen LogP contribution in [0.4, 0.5) is 22.0 Å². The summed E-state index contributed by atoms with van der Waals surface area (Å²) < 4.78 is 68.5. The third-order valence-electron chi connectivity index (χ3n) is 3.52. The Balaban J connectivity index is 2.25. The number of hydrogen-bond acceptors (Lipinski definition) is 3. The topological polar surface area (TPSA) is 24.5 Å². The lowest BCUT2D eigenvalue weighted by Gasteiger charge is -2.34. The number of piperazine rings is 1. The van der Waals surface area contributed by atoms with Crippen molar-refractivity contribution in [2.45, 2.75) is 18.6 Å². The van der Waals surface area contributed by atoms with Gasteiger partial charge in [-0.25, -0.2) is 4.39 Å². The number of benzene rings is 1. The average molecular weight is 324 g/mol. The highest BCUT2D eigenvalue weighted by Gasteiger charge is 2.44. The Morgan fingerprint density at radius 2 is 1.82 bits per heavy atom. The molecule has 22 heavy (non-hydrogen) atoms. The fraction of sp³-hybridized carbons (Fsp3) is 0.571. The second-order valence-corrected chi connectivity index (χ2v) is 4.96. The van der Waals surface area contributed by atoms with E-state index in [0.717, 1.165) is 6.07 Å². The van der Waals surface area contributed by atoms with Crippen LogP contribution in [0.15, 0.2) is 24.3 Å². The van der Waals surface area contributed by atoms with E-state index in [2.05, 4.69) is 10.1 Å². The van der Waals surface area contributed by atoms with Crippen molar-refractivity contribution >= 4 is 0 Å². The molecule has 1 aliphatic rings. The molecule has 0 saturated carbocycles. The Morgan fingerprint density at radius 1 is 1.18 bits per heavy atom. The molecule has 0 amide bonds. The number of para-hydroxylation sites is 1. The Hall–Kier alpha value is -1.41. The molecule has 0 spiro atoms. The lowest BCUT2D eigenvalue weighted by Crippen LogP contribution is -2.46. The van der Waals surface area contributed by atoms with Gasteiger partial charge in [0.1, 0.15) is 12.4 Å². The smallest absolute Gasteiger partial charge is 0.428 e. The third-order valence-corrected chi connectivity index (χ3v) is 3.52. The van der Waals surface area contributed by atoms with E-state index >= 15 is 0 Å². The van der Waals surface area contributed by atoms with Gasteiger partial charge in [-0.15, -0.1) is 0 Å². The number of halogens is 5. The van der Waals surface area contributed by atoms with Crippen LogP contribution >= 0.6 is 0 Å². The summed E-state index contributed by atoms with van der Waals surface area (Å²) in [4.78, 5) is 1.78. The Morgan fingerprint density at radius 3 is 2.41 bits per heavy atom. The van der Waals surface area contributed by atoms with Crippen molar-refractivity contribution in [3.63, 3.8) is 0 Å². The Bertz CT molecular complexity index is 480. The minimum Gasteiger partial charge on any atom is -0.428 e. The standard InChI is InChI=1S/C14H17F5N2O/c15-9-11(21-7-5-20-6-8-21)10-3-1-2-4-12(10)22-14(18,19)13(16)17/h1-4,11,13,20H,5-9H2/t11-/m1/s1. The first-order chi connectivity index (χ1) is 10.5. The second kappa shape index (κ2) is 7.23. The molecular formula is C14H17F5N2O. The minimum atomic E-state index is -4.61. The van der Waals surface area contributed by atoms with E-state index in [1.807, 2.05) is 0 Å². The molecule has 1 aromatic rings. The fourth-order valence-electron chi connectivity index (χ4n) is 2.41. The maximum absolute atomic E-state index is 13.4. The van der Waals surface area contributed by atoms with Crippen LogP contribution in [0, 0.1) is 0 Å². The van der Waals surface area contributed by atoms with Gasteiger partial charge in [-0.3, -0.25) is 4.90 Å². The monoisotopic (exact) mass is 324 g/mol. The molecule has 124 valence electrons. The summed E-state index contributed by atoms with van der Waals surface area (Å²) in [5, 5.41) is 3.10. The summed E-state index contributed by atoms with van der Waals surface area (Å²) in [7, 11) is 0. The zero-order chi connectivity index (χ0) is 16.2. The zero-order valence-corrected chi connectivity index (χ0v) is 11.7. The van der Waals surface area contributed by atoms with Crippen LogP contribution in [0.2, 0.25) is 0 Å². The Labute approximate surface area is 125 Å². The first-order valence-electron chi connectivity index (χ1n) is 6.90. The van der Waals surface area contributed by atoms with Crippen LogP contribution in [-0.2, 0) is 0 Å². The van der Waals surface area contributed by atoms with Gasteiger partial charge in [0, 0.05) is 31.7 Å². The van der Waals surface area contributed by atoms with Crippen molar-refractivity contribution in [1.29, 1.82) is 0 Å². The van der Waals surface area contributed by atoms with Crippen LogP contribution in [-0.4, -0.2) is 50.3 Å². The van der Waals surface area contributed by atoms with Gasteiger partial charge < -0.3 is 10.1 Å². The van der Waals surface area contributed by atoms with Crippen molar-refractivity contribution in [2.24, 2.45) is 0 Å². The summed E-state index contributed by atoms with van der Waals surface area (Å²) in [6.07, 6.45) is -8.57. The summed E-state index contributed by atoms with van der Waals surface area (Å²) in [6.45, 7) is 1.54. The first kappa shape index (κ1) is 17.0. The molecule has 2 rings (SSSR count). The molecule has 1 fully saturated rings. The average Bonchev–Trinajstić information content (AvgIpc) is 2.50. The molecule has 1 heterocycles. The van der Waals surface area contributed by atoms with E-state index in [-0.39, 0.29) is 5.56 Å². The number of hydrogen-bond donors (Lipinski definition) is 1. The van der Waals surface area contributed by atoms with Crippen molar-refractivity contribution in [1.82, 2.24) is 10.2 Å². The molecule has 0 aliphatic carbocycles. The second-order valence-electron chi connectivity index (χ2n) is 4.96. The van der Waals surface area contributed by atoms with E-state index in [4.69, 9.17) is 0 Å². The van der Waals surface area contributed by atoms with Crippen molar-refractivity contribution in [2.75, 3.05) is 32.9 Å². The zero-order valence-electron chi connectivity index (χ0n) is 11.7. The summed E-state index contributed by atoms with van der Waals surface area (Å²) in [6, 6.07) is 4.69. The van der Waals surface area contributed by atoms with Gasteiger partial charge in [0.25, 0.3) is 0 Å². The lowest BCUT2D eigenvalue weighted by molar-refractivity contribution is -0.253. The number of alkyl halides is 5. The van der Waals surface area contributed by atoms with Crippen molar-refractivity contribution < 1.29 is 26.7 Å². The summed E-state index contributed by atoms with van der Waals surface area (Å²) >= 11 is 0. The SMILES string of the molecule is FC[C@H](c1ccccc1OC(F)(F)C(F)F)N1CCNCC1. The molecular weight excluding hydrogens is 307 g/mol. The van der Waals surface area contributed by atoms with Gasteiger partial charge in [0.2, 0.25) is 0 Å². The fourth-order valence-corrected chi connectivity index (χ4v) is 2.41. The summed E-state index contributed by atoms with van der Waals surface area (Å²) in [5.41, 5.74) is 0.146. The predicted molar refractivity (Wildman–Crippen MR) is 71.2 cm³/mol. The minimum absolute atomic E-state index is 0.146. The molecule has 1 atom stereocenters. The normalized spacial score (nSPS) is 18.5. The quantitative estimate of drug-likeness (QED) is 0.815. The lowest BCUT2D eigenvalue weighted by atomic mass is 10.0. The molecule has 3 nitrogen and oxygen atoms in total. The van der Waals surface area contributed by atoms with Gasteiger partial charge >= 0.3 is 12.5 Å². The van der Waals surface area contributed by atoms with Gasteiger partial charge in [-0.1, -0.05) is 18.2 Å². The van der Waals surface area contributed by atoms with Crippen LogP contribution in [0.3, 0.4) is 0 Å². The maximum Gasteiger partial charge on any atom is 0.461 e. The molecule has 0 unspecified atom stereocenters. The van der Waals surface area contributed by atoms with Gasteiger partial charge in [-0.05, 0) is 6.07 Å². The molecule has 1 aliphatic heterocycles. The summed E-state index contributed by atoms with van der Waals surface area (Å²) in [5.74, 6) is -0.422. The number of nitrogens with one attached hydrogen (secondary N) is 1. The maximum atomic E-state index is 13.4. The predicted octanol–water partition coefficient (Wildman–Crippen LogP) is 2.84. The molecule has 1 saturated heterocycles. The van der Waals surface area contributed by atoms with E-state index in [0.29, 0.717) is 26.2 Å². The van der Waals surface area contributed by atoms with Crippen LogP contribution in [0.5, 0.6) is 5.75 Å². The van der Waals surface area contributed by atoms with Gasteiger partial charge in [-0.2, -0.15) is 17.6 Å². The molecule has 0 aromatic heterocycles. The van der Waals surface area contributed by atoms with Crippen LogP contribution in [0.25, 0.3) is 0 Å². The van der Waals surface area contributed by atoms with Crippen molar-refractivity contribution in [3.8, 4) is 5.75 Å². The van der Waals surface area contributed by atoms with E-state index in [1.165, 1.54) is 18.2 Å². The van der Waals surface area contributed by atoms with E-state index in [1.54, 1.807) is 4.90 Å². The van der Waals surface area contributed by atoms with Gasteiger partial charge in [0.15, 0.2) is 0 Å². The highest BCUT2D eigenvalue weighted by atomic mass is 19.3. The number of nitrogens with zero attached hydrogens (tertiary/aromatic N) is 1. The number of ether oxygens (including phenoxy) is 1. The highest BCUT2D eigenvalue weighted by Crippen LogP contribution is 2.35. The van der Waals surface area contributed by atoms with Crippen molar-refractivity contribution in [3.05, 3.63) is 29.8 Å². The molecule has 0 bridgehead atoms. The molecule has 1 N–H and O–H groups in total. The molecule has 8 heteroatoms. The Kier molecular flexibility index (Phi) is 5.57. The molecule has 0 radical (unpaired) electrons. The van der Waals surface area contributed by atoms with Crippen LogP contribution in [0.1, 0.15) is 11.6 Å². The molecule has 1 aromatic carbocycles. The highest BCUT2D eigenvalue weighted by molar-refractivity contribution is 5.36. The van der Waals surface area contributed by atoms with Gasteiger partial charge in [0.05, 0.1) is 6.04 Å². The third kappa shape index (κ3) is 3.86. The largest absolute Gasteiger partial charge is 0.461 e. The first-order valence-corrected chi connectivity index (χ1v) is 6.90. The van der Waals surface area contributed by atoms with E-state index < -0.39 is 31.0 Å². The van der Waals surface area contributed by atoms with Crippen LogP contribution < -0.4 is 10.1 Å². The van der Waals surface area contributed by atoms with E-state index in [9.17, 15) is 22.0 Å².